The molecule has 0 aliphatic carbocycles. The highest BCUT2D eigenvalue weighted by molar-refractivity contribution is 5.88. The van der Waals surface area contributed by atoms with E-state index in [1.807, 2.05) is 6.07 Å². The fourth-order valence-corrected chi connectivity index (χ4v) is 2.45. The lowest BCUT2D eigenvalue weighted by Gasteiger charge is -2.16. The Morgan fingerprint density at radius 2 is 1.95 bits per heavy atom. The van der Waals surface area contributed by atoms with E-state index in [0.29, 0.717) is 18.9 Å². The maximum absolute atomic E-state index is 11.0. The molecule has 0 aromatic heterocycles. The van der Waals surface area contributed by atoms with E-state index in [9.17, 15) is 4.79 Å². The summed E-state index contributed by atoms with van der Waals surface area (Å²) in [6, 6.07) is 13.5. The monoisotopic (exact) mass is 319 g/mol. The van der Waals surface area contributed by atoms with Gasteiger partial charge in [-0.2, -0.15) is 0 Å². The van der Waals surface area contributed by atoms with Crippen molar-refractivity contribution in [1.29, 1.82) is 0 Å². The van der Waals surface area contributed by atoms with Crippen molar-refractivity contribution in [3.63, 3.8) is 0 Å². The van der Waals surface area contributed by atoms with E-state index in [1.165, 1.54) is 11.1 Å². The van der Waals surface area contributed by atoms with E-state index < -0.39 is 5.97 Å². The summed E-state index contributed by atoms with van der Waals surface area (Å²) in [6.07, 6.45) is 0. The number of aromatic carboxylic acids is 1. The van der Waals surface area contributed by atoms with Crippen molar-refractivity contribution in [2.45, 2.75) is 19.5 Å². The van der Waals surface area contributed by atoms with Gasteiger partial charge in [0.15, 0.2) is 0 Å². The van der Waals surface area contributed by atoms with Crippen LogP contribution in [0.25, 0.3) is 0 Å². The minimum absolute atomic E-state index is 0. The molecule has 0 saturated heterocycles. The summed E-state index contributed by atoms with van der Waals surface area (Å²) in [5, 5.41) is 12.5. The molecule has 2 aromatic rings. The predicted octanol–water partition coefficient (Wildman–Crippen LogP) is 3.34. The first kappa shape index (κ1) is 16.3. The van der Waals surface area contributed by atoms with E-state index in [4.69, 9.17) is 9.84 Å². The maximum Gasteiger partial charge on any atom is 0.335 e. The van der Waals surface area contributed by atoms with E-state index >= 15 is 0 Å². The summed E-state index contributed by atoms with van der Waals surface area (Å²) in [7, 11) is 0. The first-order chi connectivity index (χ1) is 10.1. The summed E-state index contributed by atoms with van der Waals surface area (Å²) in [5.41, 5.74) is 3.63. The Labute approximate surface area is 135 Å². The second-order valence-corrected chi connectivity index (χ2v) is 5.28. The standard InChI is InChI=1S/C17H17NO3.ClH/c1-11-2-4-12(5-3-11)15-10-21-16-8-13(17(19)20)6-7-14(16)9-18-15;/h2-8,15,18H,9-10H2,1H3,(H,19,20);1H. The van der Waals surface area contributed by atoms with E-state index in [2.05, 4.69) is 36.5 Å². The smallest absolute Gasteiger partial charge is 0.335 e. The van der Waals surface area contributed by atoms with Crippen LogP contribution in [0.15, 0.2) is 42.5 Å². The molecule has 116 valence electrons. The van der Waals surface area contributed by atoms with Crippen LogP contribution in [0.2, 0.25) is 0 Å². The van der Waals surface area contributed by atoms with Gasteiger partial charge in [0.25, 0.3) is 0 Å². The molecular weight excluding hydrogens is 302 g/mol. The lowest BCUT2D eigenvalue weighted by atomic mass is 10.1. The molecule has 22 heavy (non-hydrogen) atoms. The van der Waals surface area contributed by atoms with Gasteiger partial charge >= 0.3 is 5.97 Å². The number of fused-ring (bicyclic) bond motifs is 1. The molecule has 4 nitrogen and oxygen atoms in total. The molecule has 1 heterocycles. The Kier molecular flexibility index (Phi) is 5.06. The number of ether oxygens (including phenoxy) is 1. The highest BCUT2D eigenvalue weighted by atomic mass is 35.5. The van der Waals surface area contributed by atoms with Crippen LogP contribution < -0.4 is 10.1 Å². The molecule has 0 radical (unpaired) electrons. The molecule has 3 rings (SSSR count). The van der Waals surface area contributed by atoms with E-state index in [0.717, 1.165) is 5.56 Å². The van der Waals surface area contributed by atoms with Crippen LogP contribution in [0.3, 0.4) is 0 Å². The molecule has 0 saturated carbocycles. The average Bonchev–Trinajstić information content (AvgIpc) is 2.70. The molecule has 0 bridgehead atoms. The number of hydrogen-bond acceptors (Lipinski definition) is 3. The zero-order chi connectivity index (χ0) is 14.8. The number of aryl methyl sites for hydroxylation is 1. The third kappa shape index (κ3) is 3.40. The number of carboxylic acids is 1. The van der Waals surface area contributed by atoms with Gasteiger partial charge in [-0.05, 0) is 24.6 Å². The molecular formula is C17H18ClNO3. The van der Waals surface area contributed by atoms with Crippen LogP contribution >= 0.6 is 12.4 Å². The third-order valence-corrected chi connectivity index (χ3v) is 3.74. The van der Waals surface area contributed by atoms with Gasteiger partial charge in [0.1, 0.15) is 12.4 Å². The molecule has 0 spiro atoms. The quantitative estimate of drug-likeness (QED) is 0.891. The molecule has 2 N–H and O–H groups in total. The van der Waals surface area contributed by atoms with Crippen LogP contribution in [0, 0.1) is 6.92 Å². The highest BCUT2D eigenvalue weighted by Crippen LogP contribution is 2.26. The van der Waals surface area contributed by atoms with Gasteiger partial charge in [0, 0.05) is 12.1 Å². The lowest BCUT2D eigenvalue weighted by Crippen LogP contribution is -2.23. The number of nitrogens with one attached hydrogen (secondary N) is 1. The topological polar surface area (TPSA) is 58.6 Å². The molecule has 1 aliphatic rings. The minimum Gasteiger partial charge on any atom is -0.491 e. The van der Waals surface area contributed by atoms with Crippen molar-refractivity contribution in [2.24, 2.45) is 0 Å². The van der Waals surface area contributed by atoms with Crippen LogP contribution in [-0.2, 0) is 6.54 Å². The fraction of sp³-hybridized carbons (Fsp3) is 0.235. The number of benzene rings is 2. The molecule has 1 aliphatic heterocycles. The molecule has 1 unspecified atom stereocenters. The van der Waals surface area contributed by atoms with Crippen molar-refractivity contribution < 1.29 is 14.6 Å². The van der Waals surface area contributed by atoms with Gasteiger partial charge in [-0.1, -0.05) is 35.9 Å². The van der Waals surface area contributed by atoms with Gasteiger partial charge in [-0.25, -0.2) is 4.79 Å². The molecule has 5 heteroatoms. The lowest BCUT2D eigenvalue weighted by molar-refractivity contribution is 0.0696. The second kappa shape index (κ2) is 6.81. The Morgan fingerprint density at radius 3 is 2.64 bits per heavy atom. The van der Waals surface area contributed by atoms with Crippen molar-refractivity contribution in [2.75, 3.05) is 6.61 Å². The number of carbonyl (C=O) groups is 1. The fourth-order valence-electron chi connectivity index (χ4n) is 2.45. The van der Waals surface area contributed by atoms with Crippen LogP contribution in [0.1, 0.15) is 33.1 Å². The van der Waals surface area contributed by atoms with E-state index in [1.54, 1.807) is 12.1 Å². The average molecular weight is 320 g/mol. The van der Waals surface area contributed by atoms with Crippen LogP contribution in [0.4, 0.5) is 0 Å². The first-order valence-corrected chi connectivity index (χ1v) is 6.92. The summed E-state index contributed by atoms with van der Waals surface area (Å²) in [6.45, 7) is 3.21. The van der Waals surface area contributed by atoms with Gasteiger partial charge in [-0.3, -0.25) is 0 Å². The molecule has 0 amide bonds. The number of hydrogen-bond donors (Lipinski definition) is 2. The SMILES string of the molecule is Cc1ccc(C2COc3cc(C(=O)O)ccc3CN2)cc1.Cl. The largest absolute Gasteiger partial charge is 0.491 e. The summed E-state index contributed by atoms with van der Waals surface area (Å²) >= 11 is 0. The summed E-state index contributed by atoms with van der Waals surface area (Å²) in [5.74, 6) is -0.286. The van der Waals surface area contributed by atoms with Crippen molar-refractivity contribution in [3.8, 4) is 5.75 Å². The Bertz CT molecular complexity index is 670. The number of halogens is 1. The zero-order valence-electron chi connectivity index (χ0n) is 12.2. The Morgan fingerprint density at radius 1 is 1.23 bits per heavy atom. The summed E-state index contributed by atoms with van der Waals surface area (Å²) in [4.78, 5) is 11.0. The number of rotatable bonds is 2. The van der Waals surface area contributed by atoms with Crippen molar-refractivity contribution in [3.05, 3.63) is 64.7 Å². The molecule has 2 aromatic carbocycles. The van der Waals surface area contributed by atoms with Gasteiger partial charge in [-0.15, -0.1) is 12.4 Å². The van der Waals surface area contributed by atoms with Crippen molar-refractivity contribution >= 4 is 18.4 Å². The van der Waals surface area contributed by atoms with Gasteiger partial charge in [0.05, 0.1) is 11.6 Å². The van der Waals surface area contributed by atoms with E-state index in [-0.39, 0.29) is 24.0 Å². The van der Waals surface area contributed by atoms with Crippen LogP contribution in [-0.4, -0.2) is 17.7 Å². The molecule has 0 fully saturated rings. The second-order valence-electron chi connectivity index (χ2n) is 5.28. The van der Waals surface area contributed by atoms with Crippen LogP contribution in [0.5, 0.6) is 5.75 Å². The highest BCUT2D eigenvalue weighted by Gasteiger charge is 2.19. The zero-order valence-corrected chi connectivity index (χ0v) is 13.0. The number of carboxylic acid groups (broad SMARTS) is 1. The van der Waals surface area contributed by atoms with Crippen molar-refractivity contribution in [1.82, 2.24) is 5.32 Å². The maximum atomic E-state index is 11.0. The van der Waals surface area contributed by atoms with Gasteiger partial charge < -0.3 is 15.2 Å². The predicted molar refractivity (Wildman–Crippen MR) is 86.9 cm³/mol. The molecule has 1 atom stereocenters. The third-order valence-electron chi connectivity index (χ3n) is 3.74. The Hall–Kier alpha value is -2.04. The van der Waals surface area contributed by atoms with Gasteiger partial charge in [0.2, 0.25) is 0 Å². The Balaban J connectivity index is 0.00000176. The normalized spacial score (nSPS) is 16.7. The summed E-state index contributed by atoms with van der Waals surface area (Å²) < 4.78 is 5.81. The first-order valence-electron chi connectivity index (χ1n) is 6.92. The minimum atomic E-state index is -0.936.